The molecule has 0 saturated carbocycles. The molecule has 0 N–H and O–H groups in total. The molecular formula is C4H6OTe. The standard InChI is InChI=1S/C4H4O.H2Te/c1-2-4-5-3-1;/h1-4H;1H2. The third-order valence-corrected chi connectivity index (χ3v) is 0.425. The molecule has 0 saturated heterocycles. The molecule has 0 spiro atoms. The van der Waals surface area contributed by atoms with Crippen molar-refractivity contribution in [1.82, 2.24) is 0 Å². The maximum absolute atomic E-state index is 4.58. The molecule has 1 nitrogen and oxygen atoms in total. The molecule has 0 fully saturated rings. The van der Waals surface area contributed by atoms with Crippen molar-refractivity contribution >= 4 is 23.7 Å². The van der Waals surface area contributed by atoms with Gasteiger partial charge in [0.15, 0.2) is 0 Å². The quantitative estimate of drug-likeness (QED) is 0.548. The van der Waals surface area contributed by atoms with Crippen molar-refractivity contribution < 1.29 is 4.42 Å². The van der Waals surface area contributed by atoms with E-state index < -0.39 is 0 Å². The molecule has 0 unspecified atom stereocenters. The Morgan fingerprint density at radius 1 is 1.00 bits per heavy atom. The van der Waals surface area contributed by atoms with Crippen molar-refractivity contribution in [3.63, 3.8) is 0 Å². The van der Waals surface area contributed by atoms with Crippen LogP contribution >= 0.6 is 0 Å². The minimum atomic E-state index is 0. The van der Waals surface area contributed by atoms with Gasteiger partial charge in [-0.3, -0.25) is 0 Å². The normalized spacial score (nSPS) is 6.67. The summed E-state index contributed by atoms with van der Waals surface area (Å²) in [5, 5.41) is 0. The molecule has 0 aliphatic carbocycles. The summed E-state index contributed by atoms with van der Waals surface area (Å²) in [5.41, 5.74) is 0. The molecule has 1 aromatic heterocycles. The summed E-state index contributed by atoms with van der Waals surface area (Å²) in [6, 6.07) is 3.67. The third-order valence-electron chi connectivity index (χ3n) is 0.425. The van der Waals surface area contributed by atoms with Gasteiger partial charge in [-0.1, -0.05) is 0 Å². The second-order valence-corrected chi connectivity index (χ2v) is 0.793. The van der Waals surface area contributed by atoms with Gasteiger partial charge in [-0.25, -0.2) is 0 Å². The van der Waals surface area contributed by atoms with Crippen LogP contribution in [0.1, 0.15) is 0 Å². The van der Waals surface area contributed by atoms with Crippen LogP contribution in [0, 0.1) is 0 Å². The monoisotopic (exact) mass is 200 g/mol. The van der Waals surface area contributed by atoms with Crippen molar-refractivity contribution in [3.05, 3.63) is 24.7 Å². The zero-order valence-corrected chi connectivity index (χ0v) is 6.07. The average molecular weight is 198 g/mol. The first kappa shape index (κ1) is 6.07. The smallest absolute Gasteiger partial charge is 0.0902 e. The molecule has 1 aromatic rings. The zero-order chi connectivity index (χ0) is 3.54. The predicted molar refractivity (Wildman–Crippen MR) is 27.3 cm³/mol. The Morgan fingerprint density at radius 2 is 1.50 bits per heavy atom. The van der Waals surface area contributed by atoms with E-state index in [0.29, 0.717) is 0 Å². The molecule has 2 heteroatoms. The molecule has 0 amide bonds. The molecule has 1 rings (SSSR count). The topological polar surface area (TPSA) is 13.1 Å². The van der Waals surface area contributed by atoms with Crippen molar-refractivity contribution in [2.75, 3.05) is 0 Å². The molecule has 0 atom stereocenters. The minimum Gasteiger partial charge on any atom is -0.473 e. The SMILES string of the molecule is [TeH2].c1ccoc1. The summed E-state index contributed by atoms with van der Waals surface area (Å²) < 4.78 is 4.58. The van der Waals surface area contributed by atoms with Gasteiger partial charge in [0, 0.05) is 0 Å². The maximum Gasteiger partial charge on any atom is 0.0902 e. The van der Waals surface area contributed by atoms with Gasteiger partial charge in [0.1, 0.15) is 0 Å². The fourth-order valence-corrected chi connectivity index (χ4v) is 0.227. The van der Waals surface area contributed by atoms with E-state index in [1.165, 1.54) is 0 Å². The van der Waals surface area contributed by atoms with Crippen LogP contribution in [0.2, 0.25) is 0 Å². The van der Waals surface area contributed by atoms with Crippen molar-refractivity contribution in [1.29, 1.82) is 0 Å². The van der Waals surface area contributed by atoms with Crippen LogP contribution in [0.5, 0.6) is 0 Å². The second kappa shape index (κ2) is 3.27. The molecule has 6 heavy (non-hydrogen) atoms. The Kier molecular flexibility index (Phi) is 3.30. The van der Waals surface area contributed by atoms with Crippen LogP contribution in [-0.4, -0.2) is 23.7 Å². The van der Waals surface area contributed by atoms with Crippen LogP contribution in [-0.2, 0) is 0 Å². The Balaban J connectivity index is 0.000000250. The first-order chi connectivity index (χ1) is 2.50. The number of rotatable bonds is 0. The molecule has 0 aromatic carbocycles. The van der Waals surface area contributed by atoms with Crippen molar-refractivity contribution in [2.24, 2.45) is 0 Å². The molecule has 0 aliphatic heterocycles. The Hall–Kier alpha value is 0.0696. The Bertz CT molecular complexity index is 64.0. The predicted octanol–water partition coefficient (Wildman–Crippen LogP) is 0.363. The first-order valence-corrected chi connectivity index (χ1v) is 1.47. The average Bonchev–Trinajstić information content (AvgIpc) is 1.76. The fourth-order valence-electron chi connectivity index (χ4n) is 0.227. The van der Waals surface area contributed by atoms with E-state index in [-0.39, 0.29) is 23.7 Å². The van der Waals surface area contributed by atoms with E-state index in [1.807, 2.05) is 12.1 Å². The summed E-state index contributed by atoms with van der Waals surface area (Å²) in [6.07, 6.45) is 3.25. The number of furan rings is 1. The number of hydrogen-bond acceptors (Lipinski definition) is 1. The fraction of sp³-hybridized carbons (Fsp3) is 0. The molecule has 0 aliphatic rings. The van der Waals surface area contributed by atoms with Crippen molar-refractivity contribution in [3.8, 4) is 0 Å². The Morgan fingerprint density at radius 3 is 1.67 bits per heavy atom. The van der Waals surface area contributed by atoms with Gasteiger partial charge in [0.25, 0.3) is 0 Å². The first-order valence-electron chi connectivity index (χ1n) is 1.47. The Labute approximate surface area is 53.1 Å². The zero-order valence-electron chi connectivity index (χ0n) is 3.22. The molecular weight excluding hydrogens is 192 g/mol. The van der Waals surface area contributed by atoms with E-state index >= 15 is 0 Å². The van der Waals surface area contributed by atoms with Crippen LogP contribution < -0.4 is 0 Å². The van der Waals surface area contributed by atoms with Gasteiger partial charge in [-0.2, -0.15) is 0 Å². The van der Waals surface area contributed by atoms with Crippen LogP contribution in [0.15, 0.2) is 29.1 Å². The van der Waals surface area contributed by atoms with Gasteiger partial charge < -0.3 is 4.42 Å². The third kappa shape index (κ3) is 1.49. The summed E-state index contributed by atoms with van der Waals surface area (Å²) in [5.74, 6) is 0. The van der Waals surface area contributed by atoms with Gasteiger partial charge in [0.2, 0.25) is 0 Å². The van der Waals surface area contributed by atoms with Gasteiger partial charge >= 0.3 is 23.7 Å². The van der Waals surface area contributed by atoms with Crippen LogP contribution in [0.25, 0.3) is 0 Å². The maximum atomic E-state index is 4.58. The van der Waals surface area contributed by atoms with E-state index in [2.05, 4.69) is 4.42 Å². The minimum absolute atomic E-state index is 0. The van der Waals surface area contributed by atoms with E-state index in [1.54, 1.807) is 12.5 Å². The van der Waals surface area contributed by atoms with Gasteiger partial charge in [0.05, 0.1) is 12.5 Å². The van der Waals surface area contributed by atoms with Crippen LogP contribution in [0.3, 0.4) is 0 Å². The number of hydrogen-bond donors (Lipinski definition) is 0. The van der Waals surface area contributed by atoms with Crippen LogP contribution in [0.4, 0.5) is 0 Å². The molecule has 0 radical (unpaired) electrons. The van der Waals surface area contributed by atoms with E-state index in [4.69, 9.17) is 0 Å². The second-order valence-electron chi connectivity index (χ2n) is 0.793. The van der Waals surface area contributed by atoms with E-state index in [9.17, 15) is 0 Å². The summed E-state index contributed by atoms with van der Waals surface area (Å²) in [4.78, 5) is 0. The van der Waals surface area contributed by atoms with Gasteiger partial charge in [-0.05, 0) is 12.1 Å². The molecule has 34 valence electrons. The van der Waals surface area contributed by atoms with Crippen molar-refractivity contribution in [2.45, 2.75) is 0 Å². The van der Waals surface area contributed by atoms with Gasteiger partial charge in [-0.15, -0.1) is 0 Å². The molecule has 0 bridgehead atoms. The van der Waals surface area contributed by atoms with E-state index in [0.717, 1.165) is 0 Å². The molecule has 1 heterocycles. The summed E-state index contributed by atoms with van der Waals surface area (Å²) in [7, 11) is 0. The largest absolute Gasteiger partial charge is 0.473 e. The summed E-state index contributed by atoms with van der Waals surface area (Å²) >= 11 is 0. The summed E-state index contributed by atoms with van der Waals surface area (Å²) in [6.45, 7) is 0.